The van der Waals surface area contributed by atoms with E-state index in [1.165, 1.54) is 0 Å². The highest BCUT2D eigenvalue weighted by Crippen LogP contribution is 2.25. The number of nitrogens with two attached hydrogens (primary N) is 3. The van der Waals surface area contributed by atoms with Gasteiger partial charge in [0.2, 0.25) is 0 Å². The highest BCUT2D eigenvalue weighted by atomic mass is 16.7. The van der Waals surface area contributed by atoms with Crippen molar-refractivity contribution in [2.75, 3.05) is 40.1 Å². The van der Waals surface area contributed by atoms with Crippen LogP contribution in [0, 0.1) is 0 Å². The Morgan fingerprint density at radius 3 is 1.21 bits per heavy atom. The average molecular weight is 606 g/mol. The Morgan fingerprint density at radius 1 is 0.524 bits per heavy atom. The standard InChI is InChI=1S/C30H59N3O9/c1-6-11-37-28-20(3)41-26(17-23(28)32)35-12-7-8-13-36-27-18-24(33)30(21(4)42-27)39-15-10-9-14-38-29-19(2)40-25(34-5)16-22(29)31/h19-30H,6-18,31-33H2,1-5H3/t19-,20-,21-,22-,23-,24-,25-,26+,27+,28+,29+,30+/m0/s1. The molecule has 0 amide bonds. The predicted molar refractivity (Wildman–Crippen MR) is 158 cm³/mol. The van der Waals surface area contributed by atoms with Crippen molar-refractivity contribution in [1.82, 2.24) is 0 Å². The van der Waals surface area contributed by atoms with Crippen molar-refractivity contribution in [3.63, 3.8) is 0 Å². The van der Waals surface area contributed by atoms with Crippen LogP contribution >= 0.6 is 0 Å². The van der Waals surface area contributed by atoms with E-state index in [0.717, 1.165) is 32.1 Å². The summed E-state index contributed by atoms with van der Waals surface area (Å²) >= 11 is 0. The fourth-order valence-electron chi connectivity index (χ4n) is 5.90. The maximum Gasteiger partial charge on any atom is 0.159 e. The molecule has 0 saturated carbocycles. The second-order valence-corrected chi connectivity index (χ2v) is 11.9. The van der Waals surface area contributed by atoms with Gasteiger partial charge in [-0.2, -0.15) is 0 Å². The minimum absolute atomic E-state index is 0.0802. The summed E-state index contributed by atoms with van der Waals surface area (Å²) in [6.07, 6.45) is 4.67. The van der Waals surface area contributed by atoms with Crippen LogP contribution in [0.5, 0.6) is 0 Å². The largest absolute Gasteiger partial charge is 0.374 e. The molecule has 3 heterocycles. The first kappa shape index (κ1) is 36.0. The summed E-state index contributed by atoms with van der Waals surface area (Å²) < 4.78 is 52.9. The Kier molecular flexibility index (Phi) is 16.4. The van der Waals surface area contributed by atoms with Gasteiger partial charge in [-0.15, -0.1) is 0 Å². The molecular formula is C30H59N3O9. The van der Waals surface area contributed by atoms with Crippen LogP contribution in [0.15, 0.2) is 0 Å². The van der Waals surface area contributed by atoms with Gasteiger partial charge in [-0.05, 0) is 52.9 Å². The number of rotatable bonds is 18. The molecule has 0 bridgehead atoms. The van der Waals surface area contributed by atoms with Crippen molar-refractivity contribution in [3.8, 4) is 0 Å². The predicted octanol–water partition coefficient (Wildman–Crippen LogP) is 2.18. The lowest BCUT2D eigenvalue weighted by Gasteiger charge is -2.39. The first-order valence-electron chi connectivity index (χ1n) is 16.1. The van der Waals surface area contributed by atoms with Crippen LogP contribution in [-0.2, 0) is 42.6 Å². The second kappa shape index (κ2) is 19.1. The van der Waals surface area contributed by atoms with Gasteiger partial charge in [0, 0.05) is 77.5 Å². The monoisotopic (exact) mass is 605 g/mol. The third-order valence-electron chi connectivity index (χ3n) is 8.23. The number of hydrogen-bond donors (Lipinski definition) is 3. The van der Waals surface area contributed by atoms with Gasteiger partial charge in [-0.3, -0.25) is 0 Å². The molecule has 0 aromatic heterocycles. The van der Waals surface area contributed by atoms with Crippen molar-refractivity contribution in [1.29, 1.82) is 0 Å². The zero-order valence-corrected chi connectivity index (χ0v) is 26.5. The molecule has 248 valence electrons. The normalized spacial score (nSPS) is 39.4. The molecule has 6 N–H and O–H groups in total. The quantitative estimate of drug-likeness (QED) is 0.196. The fraction of sp³-hybridized carbons (Fsp3) is 1.00. The van der Waals surface area contributed by atoms with Gasteiger partial charge < -0.3 is 59.8 Å². The summed E-state index contributed by atoms with van der Waals surface area (Å²) in [5.74, 6) is 0. The molecule has 12 nitrogen and oxygen atoms in total. The Labute approximate surface area is 252 Å². The van der Waals surface area contributed by atoms with Crippen LogP contribution in [0.3, 0.4) is 0 Å². The van der Waals surface area contributed by atoms with Crippen LogP contribution in [0.2, 0.25) is 0 Å². The molecule has 3 fully saturated rings. The van der Waals surface area contributed by atoms with E-state index < -0.39 is 0 Å². The molecule has 3 aliphatic rings. The molecule has 0 aromatic carbocycles. The second-order valence-electron chi connectivity index (χ2n) is 11.9. The summed E-state index contributed by atoms with van der Waals surface area (Å²) in [5, 5.41) is 0. The van der Waals surface area contributed by atoms with Gasteiger partial charge in [0.15, 0.2) is 18.9 Å². The van der Waals surface area contributed by atoms with Crippen molar-refractivity contribution >= 4 is 0 Å². The van der Waals surface area contributed by atoms with Crippen molar-refractivity contribution in [2.45, 2.75) is 153 Å². The van der Waals surface area contributed by atoms with Crippen molar-refractivity contribution < 1.29 is 42.6 Å². The molecule has 0 spiro atoms. The Balaban J connectivity index is 1.20. The zero-order valence-electron chi connectivity index (χ0n) is 26.5. The lowest BCUT2D eigenvalue weighted by Crippen LogP contribution is -2.53. The maximum atomic E-state index is 6.44. The van der Waals surface area contributed by atoms with Gasteiger partial charge in [0.05, 0.1) is 36.6 Å². The van der Waals surface area contributed by atoms with Crippen LogP contribution in [0.1, 0.15) is 79.1 Å². The van der Waals surface area contributed by atoms with Crippen LogP contribution in [0.25, 0.3) is 0 Å². The van der Waals surface area contributed by atoms with Crippen LogP contribution < -0.4 is 17.2 Å². The molecule has 3 saturated heterocycles. The van der Waals surface area contributed by atoms with E-state index in [1.54, 1.807) is 7.11 Å². The van der Waals surface area contributed by atoms with E-state index in [9.17, 15) is 0 Å². The molecule has 0 aromatic rings. The van der Waals surface area contributed by atoms with Crippen molar-refractivity contribution in [3.05, 3.63) is 0 Å². The Hall–Kier alpha value is -0.480. The molecule has 12 heteroatoms. The van der Waals surface area contributed by atoms with Gasteiger partial charge >= 0.3 is 0 Å². The van der Waals surface area contributed by atoms with E-state index >= 15 is 0 Å². The molecular weight excluding hydrogens is 546 g/mol. The Bertz CT molecular complexity index is 690. The van der Waals surface area contributed by atoms with E-state index in [1.807, 2.05) is 20.8 Å². The van der Waals surface area contributed by atoms with Crippen molar-refractivity contribution in [2.24, 2.45) is 17.2 Å². The summed E-state index contributed by atoms with van der Waals surface area (Å²) in [4.78, 5) is 0. The minimum Gasteiger partial charge on any atom is -0.374 e. The van der Waals surface area contributed by atoms with Gasteiger partial charge in [0.1, 0.15) is 0 Å². The van der Waals surface area contributed by atoms with Gasteiger partial charge in [-0.25, -0.2) is 0 Å². The summed E-state index contributed by atoms with van der Waals surface area (Å²) in [6.45, 7) is 11.1. The minimum atomic E-state index is -0.327. The Morgan fingerprint density at radius 2 is 0.857 bits per heavy atom. The number of methoxy groups -OCH3 is 1. The lowest BCUT2D eigenvalue weighted by molar-refractivity contribution is -0.235. The van der Waals surface area contributed by atoms with Gasteiger partial charge in [0.25, 0.3) is 0 Å². The summed E-state index contributed by atoms with van der Waals surface area (Å²) in [5.41, 5.74) is 19.0. The average Bonchev–Trinajstić information content (AvgIpc) is 2.94. The molecule has 42 heavy (non-hydrogen) atoms. The number of ether oxygens (including phenoxy) is 9. The lowest BCUT2D eigenvalue weighted by atomic mass is 10.00. The fourth-order valence-corrected chi connectivity index (χ4v) is 5.90. The molecule has 12 atom stereocenters. The first-order valence-corrected chi connectivity index (χ1v) is 16.1. The summed E-state index contributed by atoms with van der Waals surface area (Å²) in [6, 6.07) is -0.332. The highest BCUT2D eigenvalue weighted by molar-refractivity contribution is 4.87. The number of hydrogen-bond acceptors (Lipinski definition) is 12. The van der Waals surface area contributed by atoms with E-state index in [2.05, 4.69) is 6.92 Å². The SMILES string of the molecule is CCCO[C@@H]1[C@H](C)O[C@@H](OCCCCO[C@H]2C[C@H](N)[C@H](OCCCCO[C@@H]3[C@H](C)O[C@H](OC)C[C@@H]3N)[C@H](C)O2)C[C@@H]1N. The van der Waals surface area contributed by atoms with Crippen LogP contribution in [0.4, 0.5) is 0 Å². The third-order valence-corrected chi connectivity index (χ3v) is 8.23. The van der Waals surface area contributed by atoms with Gasteiger partial charge in [-0.1, -0.05) is 6.92 Å². The molecule has 0 radical (unpaired) electrons. The van der Waals surface area contributed by atoms with E-state index in [-0.39, 0.29) is 73.6 Å². The summed E-state index contributed by atoms with van der Waals surface area (Å²) in [7, 11) is 1.63. The number of unbranched alkanes of at least 4 members (excludes halogenated alkanes) is 2. The molecule has 0 aliphatic carbocycles. The highest BCUT2D eigenvalue weighted by Gasteiger charge is 2.37. The third kappa shape index (κ3) is 11.5. The maximum absolute atomic E-state index is 6.44. The van der Waals surface area contributed by atoms with E-state index in [4.69, 9.17) is 59.8 Å². The smallest absolute Gasteiger partial charge is 0.159 e. The molecule has 3 rings (SSSR count). The van der Waals surface area contributed by atoms with E-state index in [0.29, 0.717) is 52.3 Å². The topological polar surface area (TPSA) is 161 Å². The van der Waals surface area contributed by atoms with Crippen LogP contribution in [-0.4, -0.2) is 114 Å². The molecule has 0 unspecified atom stereocenters. The molecule has 3 aliphatic heterocycles. The zero-order chi connectivity index (χ0) is 30.5. The first-order chi connectivity index (χ1) is 20.2.